The molecule has 0 radical (unpaired) electrons. The number of aryl methyl sites for hydroxylation is 1. The first kappa shape index (κ1) is 43.4. The van der Waals surface area contributed by atoms with E-state index in [1.165, 1.54) is 0 Å². The molecule has 2 amide bonds. The molecule has 53 heavy (non-hydrogen) atoms. The zero-order valence-electron chi connectivity index (χ0n) is 34.0. The van der Waals surface area contributed by atoms with Crippen molar-refractivity contribution in [3.8, 4) is 16.3 Å². The van der Waals surface area contributed by atoms with E-state index in [4.69, 9.17) is 18.1 Å². The number of alkyl halides is 1. The van der Waals surface area contributed by atoms with Gasteiger partial charge >= 0.3 is 0 Å². The summed E-state index contributed by atoms with van der Waals surface area (Å²) in [7, 11) is -4.40. The number of likely N-dealkylation sites (tertiary alicyclic amines) is 1. The molecule has 10 nitrogen and oxygen atoms in total. The molecule has 3 heterocycles. The minimum Gasteiger partial charge on any atom is -0.475 e. The number of thiazole rings is 1. The van der Waals surface area contributed by atoms with Gasteiger partial charge in [0, 0.05) is 24.4 Å². The molecule has 0 aliphatic carbocycles. The molecule has 14 heteroatoms. The van der Waals surface area contributed by atoms with E-state index in [1.807, 2.05) is 26.3 Å². The minimum absolute atomic E-state index is 0.0101. The van der Waals surface area contributed by atoms with Crippen molar-refractivity contribution in [2.75, 3.05) is 25.1 Å². The third-order valence-electron chi connectivity index (χ3n) is 11.2. The third kappa shape index (κ3) is 10.5. The smallest absolute Gasteiger partial charge is 0.254 e. The number of hydrogen-bond donors (Lipinski definition) is 1. The molecule has 3 aromatic rings. The van der Waals surface area contributed by atoms with Crippen LogP contribution in [0.25, 0.3) is 10.4 Å². The molecule has 1 saturated heterocycles. The molecule has 1 N–H and O–H groups in total. The predicted octanol–water partition coefficient (Wildman–Crippen LogP) is 9.49. The molecular formula is C39H61BrN4O6SSi2. The molecule has 1 aliphatic heterocycles. The summed E-state index contributed by atoms with van der Waals surface area (Å²) in [6.07, 6.45) is 0.101. The Hall–Kier alpha value is -2.37. The van der Waals surface area contributed by atoms with Crippen LogP contribution in [0.3, 0.4) is 0 Å². The van der Waals surface area contributed by atoms with Crippen molar-refractivity contribution in [3.05, 3.63) is 52.9 Å². The van der Waals surface area contributed by atoms with E-state index in [2.05, 4.69) is 123 Å². The standard InChI is InChI=1S/C39H61BrN4O6SSi2/c1-25(2)34(32-21-33(43-49-32)47-19-18-40)37(46)44-22-29(50-53(12,13)39(7,8)9)20-31(44)36(45)42-30(23-48-52(10,11)38(4,5)6)27-14-16-28(17-15-27)35-26(3)41-24-51-35/h14-17,21,24-25,29-31,34H,18-20,22-23H2,1-13H3,(H,42,45)/t29?,30-,31-,34?/m0/s1. The van der Waals surface area contributed by atoms with E-state index in [9.17, 15) is 9.59 Å². The Morgan fingerprint density at radius 2 is 1.70 bits per heavy atom. The second kappa shape index (κ2) is 17.2. The number of benzene rings is 1. The van der Waals surface area contributed by atoms with Crippen LogP contribution in [0.2, 0.25) is 36.3 Å². The van der Waals surface area contributed by atoms with Crippen molar-refractivity contribution >= 4 is 55.7 Å². The Kier molecular flexibility index (Phi) is 14.1. The SMILES string of the molecule is Cc1ncsc1-c1ccc([C@H](CO[Si](C)(C)C(C)(C)C)NC(=O)[C@@H]2CC(O[Si](C)(C)C(C)(C)C)CN2C(=O)C(c2cc(OCCBr)no2)C(C)C)cc1. The fourth-order valence-corrected chi connectivity index (χ4v) is 9.30. The van der Waals surface area contributed by atoms with Gasteiger partial charge in [-0.1, -0.05) is 95.6 Å². The second-order valence-electron chi connectivity index (χ2n) is 17.6. The van der Waals surface area contributed by atoms with Crippen molar-refractivity contribution < 1.29 is 27.7 Å². The minimum atomic E-state index is -2.23. The highest BCUT2D eigenvalue weighted by atomic mass is 79.9. The van der Waals surface area contributed by atoms with E-state index in [-0.39, 0.29) is 33.9 Å². The lowest BCUT2D eigenvalue weighted by Crippen LogP contribution is -2.50. The second-order valence-corrected chi connectivity index (χ2v) is 28.8. The first-order valence-corrected chi connectivity index (χ1v) is 26.5. The van der Waals surface area contributed by atoms with Crippen molar-refractivity contribution in [2.24, 2.45) is 5.92 Å². The summed E-state index contributed by atoms with van der Waals surface area (Å²) in [5.41, 5.74) is 4.86. The molecule has 1 aromatic carbocycles. The van der Waals surface area contributed by atoms with Crippen LogP contribution in [0, 0.1) is 12.8 Å². The quantitative estimate of drug-likeness (QED) is 0.119. The van der Waals surface area contributed by atoms with E-state index in [0.29, 0.717) is 43.1 Å². The Bertz CT molecular complexity index is 1680. The number of aromatic nitrogens is 2. The molecule has 4 atom stereocenters. The highest BCUT2D eigenvalue weighted by molar-refractivity contribution is 9.09. The summed E-state index contributed by atoms with van der Waals surface area (Å²) in [6, 6.07) is 8.78. The maximum atomic E-state index is 14.7. The summed E-state index contributed by atoms with van der Waals surface area (Å²) in [5, 5.41) is 8.01. The topological polar surface area (TPSA) is 116 Å². The van der Waals surface area contributed by atoms with Crippen LogP contribution < -0.4 is 10.1 Å². The summed E-state index contributed by atoms with van der Waals surface area (Å²) < 4.78 is 25.0. The van der Waals surface area contributed by atoms with Crippen molar-refractivity contribution in [3.63, 3.8) is 0 Å². The number of halogens is 1. The van der Waals surface area contributed by atoms with Crippen LogP contribution in [0.1, 0.15) is 90.8 Å². The van der Waals surface area contributed by atoms with Gasteiger partial charge in [0.2, 0.25) is 11.8 Å². The zero-order valence-corrected chi connectivity index (χ0v) is 38.4. The monoisotopic (exact) mass is 848 g/mol. The number of rotatable bonds is 15. The molecule has 1 fully saturated rings. The van der Waals surface area contributed by atoms with Gasteiger partial charge < -0.3 is 28.3 Å². The number of hydrogen-bond acceptors (Lipinski definition) is 9. The molecule has 0 saturated carbocycles. The Balaban J connectivity index is 1.68. The summed E-state index contributed by atoms with van der Waals surface area (Å²) in [4.78, 5) is 36.6. The molecule has 0 spiro atoms. The number of ether oxygens (including phenoxy) is 1. The molecule has 2 aromatic heterocycles. The Morgan fingerprint density at radius 1 is 1.06 bits per heavy atom. The van der Waals surface area contributed by atoms with Crippen LogP contribution in [0.15, 0.2) is 40.4 Å². The highest BCUT2D eigenvalue weighted by Gasteiger charge is 2.48. The number of amides is 2. The van der Waals surface area contributed by atoms with Crippen LogP contribution in [-0.2, 0) is 18.4 Å². The van der Waals surface area contributed by atoms with E-state index >= 15 is 0 Å². The molecule has 4 rings (SSSR count). The normalized spacial score (nSPS) is 18.4. The van der Waals surface area contributed by atoms with E-state index < -0.39 is 34.6 Å². The maximum Gasteiger partial charge on any atom is 0.254 e. The van der Waals surface area contributed by atoms with E-state index in [1.54, 1.807) is 22.3 Å². The first-order chi connectivity index (χ1) is 24.6. The lowest BCUT2D eigenvalue weighted by Gasteiger charge is -2.38. The van der Waals surface area contributed by atoms with Gasteiger partial charge in [-0.3, -0.25) is 9.59 Å². The Labute approximate surface area is 331 Å². The molecule has 0 bridgehead atoms. The van der Waals surface area contributed by atoms with Gasteiger partial charge in [-0.05, 0) is 65.4 Å². The van der Waals surface area contributed by atoms with Crippen molar-refractivity contribution in [1.29, 1.82) is 0 Å². The summed E-state index contributed by atoms with van der Waals surface area (Å²) in [6.45, 7) is 29.1. The third-order valence-corrected chi connectivity index (χ3v) is 21.6. The van der Waals surface area contributed by atoms with Gasteiger partial charge in [-0.25, -0.2) is 4.98 Å². The van der Waals surface area contributed by atoms with Gasteiger partial charge in [-0.15, -0.1) is 11.3 Å². The molecule has 294 valence electrons. The van der Waals surface area contributed by atoms with Gasteiger partial charge in [0.1, 0.15) is 12.0 Å². The predicted molar refractivity (Wildman–Crippen MR) is 222 cm³/mol. The van der Waals surface area contributed by atoms with Gasteiger partial charge in [0.15, 0.2) is 22.4 Å². The van der Waals surface area contributed by atoms with Gasteiger partial charge in [0.05, 0.1) is 41.4 Å². The summed E-state index contributed by atoms with van der Waals surface area (Å²) in [5.74, 6) is -0.468. The molecule has 1 aliphatic rings. The van der Waals surface area contributed by atoms with Crippen LogP contribution in [0.5, 0.6) is 5.88 Å². The number of carbonyl (C=O) groups is 2. The number of nitrogens with zero attached hydrogens (tertiary/aromatic N) is 3. The van der Waals surface area contributed by atoms with Gasteiger partial charge in [-0.2, -0.15) is 0 Å². The fraction of sp³-hybridized carbons (Fsp3) is 0.641. The largest absolute Gasteiger partial charge is 0.475 e. The van der Waals surface area contributed by atoms with Crippen LogP contribution in [0.4, 0.5) is 0 Å². The van der Waals surface area contributed by atoms with Crippen molar-refractivity contribution in [1.82, 2.24) is 20.4 Å². The zero-order chi connectivity index (χ0) is 39.5. The molecule has 2 unspecified atom stereocenters. The maximum absolute atomic E-state index is 14.7. The number of carbonyl (C=O) groups excluding carboxylic acids is 2. The van der Waals surface area contributed by atoms with Crippen molar-refractivity contribution in [2.45, 2.75) is 129 Å². The fourth-order valence-electron chi connectivity index (χ4n) is 5.96. The lowest BCUT2D eigenvalue weighted by atomic mass is 9.91. The van der Waals surface area contributed by atoms with Crippen LogP contribution in [-0.4, -0.2) is 80.7 Å². The Morgan fingerprint density at radius 3 is 2.25 bits per heavy atom. The summed E-state index contributed by atoms with van der Waals surface area (Å²) >= 11 is 4.98. The number of nitrogens with one attached hydrogen (secondary N) is 1. The lowest BCUT2D eigenvalue weighted by molar-refractivity contribution is -0.141. The molecular weight excluding hydrogens is 789 g/mol. The van der Waals surface area contributed by atoms with E-state index in [0.717, 1.165) is 21.7 Å². The van der Waals surface area contributed by atoms with Crippen LogP contribution >= 0.6 is 27.3 Å². The average Bonchev–Trinajstić information content (AvgIpc) is 3.81. The van der Waals surface area contributed by atoms with Gasteiger partial charge in [0.25, 0.3) is 5.88 Å². The highest BCUT2D eigenvalue weighted by Crippen LogP contribution is 2.41. The average molecular weight is 850 g/mol. The first-order valence-electron chi connectivity index (χ1n) is 18.6.